The van der Waals surface area contributed by atoms with Gasteiger partial charge in [0.2, 0.25) is 11.8 Å². The zero-order valence-corrected chi connectivity index (χ0v) is 21.4. The normalized spacial score (nSPS) is 31.4. The monoisotopic (exact) mass is 532 g/mol. The number of thiazole rings is 1. The number of carbonyl (C=O) groups is 3. The Kier molecular flexibility index (Phi) is 5.23. The lowest BCUT2D eigenvalue weighted by atomic mass is 9.68. The van der Waals surface area contributed by atoms with Crippen LogP contribution in [0.1, 0.15) is 29.2 Å². The first kappa shape index (κ1) is 23.0. The molecule has 1 saturated heterocycles. The Morgan fingerprint density at radius 1 is 0.919 bits per heavy atom. The predicted octanol–water partition coefficient (Wildman–Crippen LogP) is 3.85. The molecule has 0 radical (unpaired) electrons. The fourth-order valence-electron chi connectivity index (χ4n) is 7.40. The van der Waals surface area contributed by atoms with Crippen LogP contribution in [-0.2, 0) is 14.4 Å². The Hall–Kier alpha value is -3.17. The quantitative estimate of drug-likeness (QED) is 0.502. The fourth-order valence-corrected chi connectivity index (χ4v) is 10.6. The van der Waals surface area contributed by atoms with Crippen molar-refractivity contribution in [3.8, 4) is 5.69 Å². The van der Waals surface area contributed by atoms with Gasteiger partial charge in [0.25, 0.3) is 0 Å². The van der Waals surface area contributed by atoms with E-state index in [0.717, 1.165) is 27.6 Å². The molecule has 188 valence electrons. The van der Waals surface area contributed by atoms with Crippen molar-refractivity contribution in [3.63, 3.8) is 0 Å². The standard InChI is InChI=1S/C28H24N2O5S2/c31-18(32)11-12-29-25(33)21-16-13-17(22(21)26(29)34)23-20(16)19(14-7-3-1-4-8-14)24-27(36-23)30(28(35)37-24)15-9-5-2-6-10-15/h1-10,16-17,19-23H,11-13H2,(H,31,32)/t16-,17+,19-,20+,21+,22+,23+/m0/s1. The number of imide groups is 1. The van der Waals surface area contributed by atoms with Gasteiger partial charge in [-0.3, -0.25) is 28.6 Å². The van der Waals surface area contributed by atoms with Crippen LogP contribution in [0.2, 0.25) is 0 Å². The van der Waals surface area contributed by atoms with Crippen LogP contribution in [0.25, 0.3) is 5.69 Å². The van der Waals surface area contributed by atoms with Gasteiger partial charge in [0.15, 0.2) is 0 Å². The molecule has 2 amide bonds. The highest BCUT2D eigenvalue weighted by atomic mass is 32.2. The van der Waals surface area contributed by atoms with Gasteiger partial charge in [0, 0.05) is 22.6 Å². The number of fused-ring (bicyclic) bond motifs is 9. The lowest BCUT2D eigenvalue weighted by molar-refractivity contribution is -0.142. The first-order valence-electron chi connectivity index (χ1n) is 12.6. The van der Waals surface area contributed by atoms with Gasteiger partial charge in [-0.1, -0.05) is 59.9 Å². The Morgan fingerprint density at radius 3 is 2.24 bits per heavy atom. The second kappa shape index (κ2) is 8.43. The lowest BCUT2D eigenvalue weighted by Crippen LogP contribution is -2.43. The maximum absolute atomic E-state index is 13.5. The third kappa shape index (κ3) is 3.26. The average molecular weight is 533 g/mol. The van der Waals surface area contributed by atoms with E-state index in [9.17, 15) is 19.2 Å². The third-order valence-corrected chi connectivity index (χ3v) is 11.4. The van der Waals surface area contributed by atoms with Gasteiger partial charge >= 0.3 is 10.8 Å². The predicted molar refractivity (Wildman–Crippen MR) is 139 cm³/mol. The van der Waals surface area contributed by atoms with Gasteiger partial charge in [0.1, 0.15) is 0 Å². The number of aromatic nitrogens is 1. The van der Waals surface area contributed by atoms with Crippen LogP contribution < -0.4 is 4.87 Å². The minimum atomic E-state index is -1.02. The van der Waals surface area contributed by atoms with Gasteiger partial charge < -0.3 is 5.11 Å². The summed E-state index contributed by atoms with van der Waals surface area (Å²) in [4.78, 5) is 53.6. The van der Waals surface area contributed by atoms with E-state index in [1.807, 2.05) is 48.5 Å². The van der Waals surface area contributed by atoms with Crippen molar-refractivity contribution in [2.45, 2.75) is 29.0 Å². The number of aliphatic carboxylic acids is 1. The molecule has 2 bridgehead atoms. The minimum absolute atomic E-state index is 0.0230. The lowest BCUT2D eigenvalue weighted by Gasteiger charge is -2.43. The Bertz CT molecular complexity index is 1480. The van der Waals surface area contributed by atoms with Gasteiger partial charge in [-0.2, -0.15) is 0 Å². The van der Waals surface area contributed by atoms with Crippen molar-refractivity contribution < 1.29 is 19.5 Å². The summed E-state index contributed by atoms with van der Waals surface area (Å²) in [6.07, 6.45) is 0.580. The summed E-state index contributed by atoms with van der Waals surface area (Å²) in [5.74, 6) is -2.08. The maximum atomic E-state index is 13.5. The molecule has 37 heavy (non-hydrogen) atoms. The average Bonchev–Trinajstić information content (AvgIpc) is 3.62. The molecule has 4 aliphatic rings. The number of para-hydroxylation sites is 1. The van der Waals surface area contributed by atoms with E-state index in [1.54, 1.807) is 16.3 Å². The van der Waals surface area contributed by atoms with E-state index in [0.29, 0.717) is 0 Å². The molecule has 2 aromatic carbocycles. The molecule has 3 fully saturated rings. The number of rotatable bonds is 5. The number of carbonyl (C=O) groups excluding carboxylic acids is 2. The number of benzene rings is 2. The number of carboxylic acids is 1. The summed E-state index contributed by atoms with van der Waals surface area (Å²) < 4.78 is 1.81. The van der Waals surface area contributed by atoms with Crippen LogP contribution in [0.5, 0.6) is 0 Å². The largest absolute Gasteiger partial charge is 0.481 e. The van der Waals surface area contributed by atoms with Gasteiger partial charge in [-0.05, 0) is 41.9 Å². The van der Waals surface area contributed by atoms with Crippen molar-refractivity contribution >= 4 is 40.9 Å². The second-order valence-corrected chi connectivity index (χ2v) is 12.5. The highest BCUT2D eigenvalue weighted by molar-refractivity contribution is 8.00. The van der Waals surface area contributed by atoms with E-state index < -0.39 is 17.8 Å². The smallest absolute Gasteiger partial charge is 0.312 e. The Morgan fingerprint density at radius 2 is 1.57 bits per heavy atom. The molecule has 0 unspecified atom stereocenters. The van der Waals surface area contributed by atoms with E-state index in [-0.39, 0.29) is 58.6 Å². The van der Waals surface area contributed by atoms with E-state index in [1.165, 1.54) is 16.2 Å². The zero-order valence-electron chi connectivity index (χ0n) is 19.7. The van der Waals surface area contributed by atoms with Crippen molar-refractivity contribution in [2.24, 2.45) is 29.6 Å². The fraction of sp³-hybridized carbons (Fsp3) is 0.357. The number of nitrogens with zero attached hydrogens (tertiary/aromatic N) is 2. The van der Waals surface area contributed by atoms with Gasteiger partial charge in [-0.15, -0.1) is 11.8 Å². The molecule has 1 N–H and O–H groups in total. The minimum Gasteiger partial charge on any atom is -0.481 e. The highest BCUT2D eigenvalue weighted by Crippen LogP contribution is 2.68. The summed E-state index contributed by atoms with van der Waals surface area (Å²) in [6, 6.07) is 19.9. The summed E-state index contributed by atoms with van der Waals surface area (Å²) in [5, 5.41) is 10.2. The summed E-state index contributed by atoms with van der Waals surface area (Å²) in [5.41, 5.74) is 1.96. The SMILES string of the molecule is O=C(O)CCN1C(=O)[C@@H]2[C@H]3C[C@@H]([C@H]4Sc5c(sc(=O)n5-c5ccccc5)[C@@H](c5ccccc5)[C@@H]34)[C@H]2C1=O. The van der Waals surface area contributed by atoms with Crippen molar-refractivity contribution in [3.05, 3.63) is 80.8 Å². The first-order chi connectivity index (χ1) is 18.0. The summed E-state index contributed by atoms with van der Waals surface area (Å²) in [6.45, 7) is -0.0646. The van der Waals surface area contributed by atoms with E-state index in [2.05, 4.69) is 12.1 Å². The van der Waals surface area contributed by atoms with Crippen LogP contribution in [0.3, 0.4) is 0 Å². The zero-order chi connectivity index (χ0) is 25.4. The number of carboxylic acid groups (broad SMARTS) is 1. The van der Waals surface area contributed by atoms with Crippen LogP contribution in [0, 0.1) is 29.6 Å². The Labute approximate surface area is 221 Å². The topological polar surface area (TPSA) is 96.7 Å². The molecule has 0 spiro atoms. The molecule has 2 aliphatic carbocycles. The van der Waals surface area contributed by atoms with Crippen molar-refractivity contribution in [1.29, 1.82) is 0 Å². The Balaban J connectivity index is 1.35. The van der Waals surface area contributed by atoms with Crippen LogP contribution in [0.4, 0.5) is 0 Å². The molecule has 3 heterocycles. The molecule has 2 saturated carbocycles. The number of amides is 2. The molecule has 7 nitrogen and oxygen atoms in total. The van der Waals surface area contributed by atoms with Crippen LogP contribution in [0.15, 0.2) is 70.5 Å². The highest BCUT2D eigenvalue weighted by Gasteiger charge is 2.69. The van der Waals surface area contributed by atoms with E-state index >= 15 is 0 Å². The third-order valence-electron chi connectivity index (χ3n) is 8.68. The molecule has 7 atom stereocenters. The molecule has 3 aromatic rings. The number of likely N-dealkylation sites (tertiary alicyclic amines) is 1. The maximum Gasteiger partial charge on any atom is 0.312 e. The van der Waals surface area contributed by atoms with Gasteiger partial charge in [-0.25, -0.2) is 0 Å². The number of hydrogen-bond donors (Lipinski definition) is 1. The summed E-state index contributed by atoms with van der Waals surface area (Å²) in [7, 11) is 0. The molecular formula is C28H24N2O5S2. The molecule has 1 aromatic heterocycles. The first-order valence-corrected chi connectivity index (χ1v) is 14.2. The van der Waals surface area contributed by atoms with Gasteiger partial charge in [0.05, 0.1) is 29.0 Å². The van der Waals surface area contributed by atoms with Crippen LogP contribution in [-0.4, -0.2) is 44.2 Å². The van der Waals surface area contributed by atoms with E-state index in [4.69, 9.17) is 5.11 Å². The second-order valence-electron chi connectivity index (χ2n) is 10.3. The van der Waals surface area contributed by atoms with Crippen molar-refractivity contribution in [2.75, 3.05) is 6.54 Å². The molecular weight excluding hydrogens is 508 g/mol. The van der Waals surface area contributed by atoms with Crippen molar-refractivity contribution in [1.82, 2.24) is 9.47 Å². The molecule has 9 heteroatoms. The summed E-state index contributed by atoms with van der Waals surface area (Å²) >= 11 is 2.99. The number of hydrogen-bond acceptors (Lipinski definition) is 6. The van der Waals surface area contributed by atoms with Crippen LogP contribution >= 0.6 is 23.1 Å². The molecule has 2 aliphatic heterocycles. The molecule has 7 rings (SSSR count). The number of thioether (sulfide) groups is 1.